The van der Waals surface area contributed by atoms with Gasteiger partial charge in [-0.05, 0) is 12.8 Å². The molecule has 0 saturated heterocycles. The first-order chi connectivity index (χ1) is 20.0. The van der Waals surface area contributed by atoms with Crippen LogP contribution in [0.2, 0.25) is 0 Å². The molecule has 42 heavy (non-hydrogen) atoms. The molecule has 0 aromatic rings. The average molecular weight is 622 g/mol. The summed E-state index contributed by atoms with van der Waals surface area (Å²) in [5.74, 6) is -0.835. The standard InChI is InChI=1S/C32H64NO8P/c1-6-8-10-12-14-16-18-20-22-24-31(34)38-28-30(41-42(36,37)40-27-26-33(3,4)5)29-39-32(35)25-23-21-19-17-15-13-11-9-7-2/h30H,6-29H2,1-5H3. The van der Waals surface area contributed by atoms with E-state index in [1.807, 2.05) is 21.1 Å². The minimum absolute atomic E-state index is 0.0478. The van der Waals surface area contributed by atoms with Crippen LogP contribution in [0.15, 0.2) is 0 Å². The maximum absolute atomic E-state index is 12.4. The van der Waals surface area contributed by atoms with Gasteiger partial charge in [0.25, 0.3) is 7.82 Å². The number of rotatable bonds is 30. The van der Waals surface area contributed by atoms with E-state index in [4.69, 9.17) is 18.5 Å². The Morgan fingerprint density at radius 1 is 0.643 bits per heavy atom. The molecule has 0 rings (SSSR count). The molecule has 0 saturated carbocycles. The fraction of sp³-hybridized carbons (Fsp3) is 0.938. The molecule has 10 heteroatoms. The molecule has 0 aliphatic heterocycles. The Balaban J connectivity index is 4.49. The van der Waals surface area contributed by atoms with Crippen LogP contribution in [0.3, 0.4) is 0 Å². The van der Waals surface area contributed by atoms with Gasteiger partial charge < -0.3 is 27.9 Å². The van der Waals surface area contributed by atoms with Crippen LogP contribution in [0, 0.1) is 0 Å². The lowest BCUT2D eigenvalue weighted by Crippen LogP contribution is -2.38. The molecule has 0 aliphatic carbocycles. The van der Waals surface area contributed by atoms with Crippen LogP contribution in [-0.2, 0) is 32.7 Å². The van der Waals surface area contributed by atoms with E-state index < -0.39 is 25.9 Å². The van der Waals surface area contributed by atoms with Crippen molar-refractivity contribution in [2.45, 2.75) is 148 Å². The monoisotopic (exact) mass is 621 g/mol. The largest absolute Gasteiger partial charge is 0.756 e. The van der Waals surface area contributed by atoms with Crippen molar-refractivity contribution in [3.05, 3.63) is 0 Å². The molecule has 0 heterocycles. The van der Waals surface area contributed by atoms with Crippen LogP contribution in [-0.4, -0.2) is 70.0 Å². The van der Waals surface area contributed by atoms with Gasteiger partial charge in [-0.25, -0.2) is 0 Å². The zero-order valence-electron chi connectivity index (χ0n) is 27.7. The van der Waals surface area contributed by atoms with Crippen LogP contribution in [0.4, 0.5) is 0 Å². The number of ether oxygens (including phenoxy) is 2. The molecule has 0 radical (unpaired) electrons. The van der Waals surface area contributed by atoms with E-state index in [2.05, 4.69) is 13.8 Å². The first-order valence-electron chi connectivity index (χ1n) is 16.7. The summed E-state index contributed by atoms with van der Waals surface area (Å²) >= 11 is 0. The predicted molar refractivity (Wildman–Crippen MR) is 167 cm³/mol. The van der Waals surface area contributed by atoms with Crippen molar-refractivity contribution in [2.75, 3.05) is 47.5 Å². The molecule has 0 fully saturated rings. The third kappa shape index (κ3) is 29.1. The van der Waals surface area contributed by atoms with E-state index >= 15 is 0 Å². The van der Waals surface area contributed by atoms with Gasteiger partial charge in [0.2, 0.25) is 0 Å². The van der Waals surface area contributed by atoms with E-state index in [1.54, 1.807) is 0 Å². The van der Waals surface area contributed by atoms with Gasteiger partial charge in [0.1, 0.15) is 32.5 Å². The number of phosphoric ester groups is 1. The average Bonchev–Trinajstić information content (AvgIpc) is 2.91. The van der Waals surface area contributed by atoms with Gasteiger partial charge in [-0.3, -0.25) is 14.2 Å². The third-order valence-electron chi connectivity index (χ3n) is 7.12. The van der Waals surface area contributed by atoms with Gasteiger partial charge in [0, 0.05) is 12.8 Å². The normalized spacial score (nSPS) is 13.3. The van der Waals surface area contributed by atoms with Gasteiger partial charge in [-0.1, -0.05) is 117 Å². The Morgan fingerprint density at radius 3 is 1.36 bits per heavy atom. The quantitative estimate of drug-likeness (QED) is 0.0351. The maximum atomic E-state index is 12.4. The van der Waals surface area contributed by atoms with E-state index in [0.717, 1.165) is 38.5 Å². The molecule has 0 spiro atoms. The van der Waals surface area contributed by atoms with Crippen molar-refractivity contribution in [3.63, 3.8) is 0 Å². The van der Waals surface area contributed by atoms with Crippen LogP contribution in [0.1, 0.15) is 142 Å². The van der Waals surface area contributed by atoms with Gasteiger partial charge in [0.15, 0.2) is 0 Å². The Kier molecular flexibility index (Phi) is 25.8. The number of phosphoric acid groups is 1. The molecule has 250 valence electrons. The number of esters is 2. The summed E-state index contributed by atoms with van der Waals surface area (Å²) in [6, 6.07) is 0. The molecular weight excluding hydrogens is 557 g/mol. The number of hydrogen-bond acceptors (Lipinski definition) is 8. The molecule has 0 bridgehead atoms. The number of likely N-dealkylation sites (N-methyl/N-ethyl adjacent to an activating group) is 1. The highest BCUT2D eigenvalue weighted by molar-refractivity contribution is 7.45. The molecule has 1 atom stereocenters. The first kappa shape index (κ1) is 41.0. The third-order valence-corrected chi connectivity index (χ3v) is 8.17. The number of hydrogen-bond donors (Lipinski definition) is 0. The zero-order valence-corrected chi connectivity index (χ0v) is 28.6. The fourth-order valence-corrected chi connectivity index (χ4v) is 5.28. The van der Waals surface area contributed by atoms with Crippen molar-refractivity contribution in [2.24, 2.45) is 0 Å². The van der Waals surface area contributed by atoms with Gasteiger partial charge >= 0.3 is 11.9 Å². The molecule has 0 aromatic heterocycles. The summed E-state index contributed by atoms with van der Waals surface area (Å²) in [4.78, 5) is 37.0. The molecule has 0 aromatic carbocycles. The van der Waals surface area contributed by atoms with E-state index in [1.165, 1.54) is 77.0 Å². The number of carbonyl (C=O) groups is 2. The topological polar surface area (TPSA) is 111 Å². The molecule has 1 unspecified atom stereocenters. The molecule has 0 N–H and O–H groups in total. The second-order valence-corrected chi connectivity index (χ2v) is 13.9. The van der Waals surface area contributed by atoms with Crippen LogP contribution >= 0.6 is 7.82 Å². The predicted octanol–water partition coefficient (Wildman–Crippen LogP) is 7.49. The van der Waals surface area contributed by atoms with Crippen molar-refractivity contribution < 1.29 is 42.1 Å². The molecule has 0 aliphatic rings. The summed E-state index contributed by atoms with van der Waals surface area (Å²) in [6.45, 7) is 4.18. The Labute approximate surface area is 257 Å². The minimum Gasteiger partial charge on any atom is -0.756 e. The summed E-state index contributed by atoms with van der Waals surface area (Å²) in [6.07, 6.45) is 19.9. The second-order valence-electron chi connectivity index (χ2n) is 12.5. The molecular formula is C32H64NO8P. The van der Waals surface area contributed by atoms with E-state index in [0.29, 0.717) is 11.0 Å². The highest BCUT2D eigenvalue weighted by Crippen LogP contribution is 2.40. The van der Waals surface area contributed by atoms with Gasteiger partial charge in [-0.2, -0.15) is 0 Å². The van der Waals surface area contributed by atoms with E-state index in [9.17, 15) is 19.0 Å². The molecule has 9 nitrogen and oxygen atoms in total. The van der Waals surface area contributed by atoms with Gasteiger partial charge in [-0.15, -0.1) is 0 Å². The lowest BCUT2D eigenvalue weighted by molar-refractivity contribution is -0.870. The Bertz CT molecular complexity index is 675. The number of quaternary nitrogens is 1. The Morgan fingerprint density at radius 2 is 1.00 bits per heavy atom. The van der Waals surface area contributed by atoms with Crippen molar-refractivity contribution in [1.82, 2.24) is 0 Å². The summed E-state index contributed by atoms with van der Waals surface area (Å²) in [5.41, 5.74) is 0. The van der Waals surface area contributed by atoms with Crippen LogP contribution in [0.5, 0.6) is 0 Å². The van der Waals surface area contributed by atoms with Gasteiger partial charge in [0.05, 0.1) is 21.1 Å². The number of unbranched alkanes of at least 4 members (excludes halogenated alkanes) is 16. The van der Waals surface area contributed by atoms with Crippen molar-refractivity contribution in [3.8, 4) is 0 Å². The summed E-state index contributed by atoms with van der Waals surface area (Å²) in [7, 11) is 1.07. The highest BCUT2D eigenvalue weighted by atomic mass is 31.2. The smallest absolute Gasteiger partial charge is 0.305 e. The zero-order chi connectivity index (χ0) is 31.5. The maximum Gasteiger partial charge on any atom is 0.305 e. The number of nitrogens with zero attached hydrogens (tertiary/aromatic N) is 1. The summed E-state index contributed by atoms with van der Waals surface area (Å²) in [5, 5.41) is 0. The lowest BCUT2D eigenvalue weighted by atomic mass is 10.1. The summed E-state index contributed by atoms with van der Waals surface area (Å²) < 4.78 is 33.7. The highest BCUT2D eigenvalue weighted by Gasteiger charge is 2.23. The van der Waals surface area contributed by atoms with Crippen LogP contribution in [0.25, 0.3) is 0 Å². The number of carbonyl (C=O) groups excluding carboxylic acids is 2. The first-order valence-corrected chi connectivity index (χ1v) is 18.2. The Hall–Kier alpha value is -0.990. The molecule has 0 amide bonds. The van der Waals surface area contributed by atoms with Crippen molar-refractivity contribution in [1.29, 1.82) is 0 Å². The van der Waals surface area contributed by atoms with Crippen LogP contribution < -0.4 is 4.89 Å². The fourth-order valence-electron chi connectivity index (χ4n) is 4.42. The lowest BCUT2D eigenvalue weighted by Gasteiger charge is -2.29. The SMILES string of the molecule is CCCCCCCCCCCC(=O)OCC(COC(=O)CCCCCCCCCCC)OP(=O)([O-])OCC[N+](C)(C)C. The minimum atomic E-state index is -4.69. The second kappa shape index (κ2) is 26.4. The van der Waals surface area contributed by atoms with Crippen molar-refractivity contribution >= 4 is 19.8 Å². The van der Waals surface area contributed by atoms with E-state index in [-0.39, 0.29) is 32.7 Å².